The van der Waals surface area contributed by atoms with Crippen LogP contribution in [-0.2, 0) is 19.1 Å². The highest BCUT2D eigenvalue weighted by Gasteiger charge is 2.25. The predicted octanol–water partition coefficient (Wildman–Crippen LogP) is 0.216. The van der Waals surface area contributed by atoms with Crippen LogP contribution in [0.3, 0.4) is 0 Å². The van der Waals surface area contributed by atoms with Gasteiger partial charge in [0.25, 0.3) is 11.8 Å². The molecule has 1 aliphatic heterocycles. The molecule has 0 aromatic heterocycles. The van der Waals surface area contributed by atoms with E-state index < -0.39 is 18.0 Å². The number of ether oxygens (including phenoxy) is 3. The Labute approximate surface area is 146 Å². The second kappa shape index (κ2) is 9.03. The fraction of sp³-hybridized carbons (Fsp3) is 0.471. The van der Waals surface area contributed by atoms with Gasteiger partial charge in [-0.25, -0.2) is 0 Å². The summed E-state index contributed by atoms with van der Waals surface area (Å²) in [6, 6.07) is 6.67. The van der Waals surface area contributed by atoms with Crippen molar-refractivity contribution >= 4 is 17.8 Å². The summed E-state index contributed by atoms with van der Waals surface area (Å²) in [5, 5.41) is 2.46. The van der Waals surface area contributed by atoms with Crippen molar-refractivity contribution in [1.29, 1.82) is 0 Å². The Morgan fingerprint density at radius 1 is 1.24 bits per heavy atom. The maximum absolute atomic E-state index is 12.2. The number of nitrogens with one attached hydrogen (secondary N) is 1. The largest absolute Gasteiger partial charge is 0.496 e. The standard InChI is InChI=1S/C17H22N2O6/c1-12(17(22)19-7-9-24-10-8-19)25-15(20)11-18-16(21)13-5-3-4-6-14(13)23-2/h3-6,12H,7-11H2,1-2H3,(H,18,21)/t12-/m0/s1. The summed E-state index contributed by atoms with van der Waals surface area (Å²) in [5.41, 5.74) is 0.315. The maximum Gasteiger partial charge on any atom is 0.326 e. The normalized spacial score (nSPS) is 15.2. The topological polar surface area (TPSA) is 94.2 Å². The molecule has 8 nitrogen and oxygen atoms in total. The van der Waals surface area contributed by atoms with Crippen molar-refractivity contribution < 1.29 is 28.6 Å². The molecule has 0 spiro atoms. The van der Waals surface area contributed by atoms with Crippen LogP contribution in [0.5, 0.6) is 5.75 Å². The fourth-order valence-corrected chi connectivity index (χ4v) is 2.41. The van der Waals surface area contributed by atoms with Crippen molar-refractivity contribution in [3.05, 3.63) is 29.8 Å². The lowest BCUT2D eigenvalue weighted by Crippen LogP contribution is -2.46. The quantitative estimate of drug-likeness (QED) is 0.738. The number of carbonyl (C=O) groups is 3. The first-order valence-corrected chi connectivity index (χ1v) is 8.00. The van der Waals surface area contributed by atoms with E-state index in [-0.39, 0.29) is 12.5 Å². The molecule has 8 heteroatoms. The lowest BCUT2D eigenvalue weighted by atomic mass is 10.2. The van der Waals surface area contributed by atoms with Crippen molar-refractivity contribution in [2.75, 3.05) is 40.0 Å². The molecule has 136 valence electrons. The number of hydrogen-bond donors (Lipinski definition) is 1. The summed E-state index contributed by atoms with van der Waals surface area (Å²) in [4.78, 5) is 37.7. The van der Waals surface area contributed by atoms with E-state index in [1.807, 2.05) is 0 Å². The summed E-state index contributed by atoms with van der Waals surface area (Å²) in [5.74, 6) is -1.00. The molecule has 1 saturated heterocycles. The zero-order valence-electron chi connectivity index (χ0n) is 14.3. The molecular weight excluding hydrogens is 328 g/mol. The van der Waals surface area contributed by atoms with Crippen LogP contribution in [0.1, 0.15) is 17.3 Å². The molecule has 0 saturated carbocycles. The van der Waals surface area contributed by atoms with Crippen molar-refractivity contribution in [1.82, 2.24) is 10.2 Å². The van der Waals surface area contributed by atoms with E-state index in [9.17, 15) is 14.4 Å². The lowest BCUT2D eigenvalue weighted by Gasteiger charge is -2.28. The SMILES string of the molecule is COc1ccccc1C(=O)NCC(=O)O[C@@H](C)C(=O)N1CCOCC1. The number of rotatable bonds is 6. The van der Waals surface area contributed by atoms with Gasteiger partial charge in [-0.3, -0.25) is 14.4 Å². The van der Waals surface area contributed by atoms with E-state index in [4.69, 9.17) is 14.2 Å². The fourth-order valence-electron chi connectivity index (χ4n) is 2.41. The minimum Gasteiger partial charge on any atom is -0.496 e. The van der Waals surface area contributed by atoms with Gasteiger partial charge in [-0.05, 0) is 19.1 Å². The Balaban J connectivity index is 1.81. The Kier molecular flexibility index (Phi) is 6.76. The summed E-state index contributed by atoms with van der Waals surface area (Å²) in [6.07, 6.45) is -0.909. The molecular formula is C17H22N2O6. The highest BCUT2D eigenvalue weighted by Crippen LogP contribution is 2.16. The molecule has 1 heterocycles. The molecule has 1 fully saturated rings. The van der Waals surface area contributed by atoms with E-state index in [1.165, 1.54) is 14.0 Å². The molecule has 0 unspecified atom stereocenters. The molecule has 2 rings (SSSR count). The molecule has 0 bridgehead atoms. The zero-order valence-corrected chi connectivity index (χ0v) is 14.3. The summed E-state index contributed by atoms with van der Waals surface area (Å²) in [7, 11) is 1.46. The van der Waals surface area contributed by atoms with Crippen LogP contribution in [0.25, 0.3) is 0 Å². The first kappa shape index (κ1) is 18.7. The van der Waals surface area contributed by atoms with Gasteiger partial charge in [0.1, 0.15) is 12.3 Å². The van der Waals surface area contributed by atoms with Gasteiger partial charge < -0.3 is 24.4 Å². The number of para-hydroxylation sites is 1. The number of benzene rings is 1. The molecule has 25 heavy (non-hydrogen) atoms. The van der Waals surface area contributed by atoms with E-state index in [1.54, 1.807) is 29.2 Å². The van der Waals surface area contributed by atoms with Crippen LogP contribution in [0, 0.1) is 0 Å². The number of carbonyl (C=O) groups excluding carboxylic acids is 3. The van der Waals surface area contributed by atoms with Crippen molar-refractivity contribution in [2.45, 2.75) is 13.0 Å². The summed E-state index contributed by atoms with van der Waals surface area (Å²) >= 11 is 0. The van der Waals surface area contributed by atoms with Crippen LogP contribution in [0.2, 0.25) is 0 Å². The van der Waals surface area contributed by atoms with Gasteiger partial charge in [-0.2, -0.15) is 0 Å². The third kappa shape index (κ3) is 5.18. The predicted molar refractivity (Wildman–Crippen MR) is 88.3 cm³/mol. The Hall–Kier alpha value is -2.61. The summed E-state index contributed by atoms with van der Waals surface area (Å²) < 4.78 is 15.4. The number of esters is 1. The van der Waals surface area contributed by atoms with Gasteiger partial charge in [-0.1, -0.05) is 12.1 Å². The second-order valence-electron chi connectivity index (χ2n) is 5.45. The monoisotopic (exact) mass is 350 g/mol. The number of amides is 2. The van der Waals surface area contributed by atoms with Gasteiger partial charge in [0.2, 0.25) is 0 Å². The maximum atomic E-state index is 12.2. The molecule has 0 radical (unpaired) electrons. The first-order chi connectivity index (χ1) is 12.0. The number of nitrogens with zero attached hydrogens (tertiary/aromatic N) is 1. The van der Waals surface area contributed by atoms with Gasteiger partial charge in [0.15, 0.2) is 6.10 Å². The van der Waals surface area contributed by atoms with Crippen LogP contribution in [-0.4, -0.2) is 68.7 Å². The van der Waals surface area contributed by atoms with E-state index >= 15 is 0 Å². The number of morpholine rings is 1. The molecule has 1 atom stereocenters. The van der Waals surface area contributed by atoms with Gasteiger partial charge in [0.05, 0.1) is 25.9 Å². The van der Waals surface area contributed by atoms with Crippen molar-refractivity contribution in [3.8, 4) is 5.75 Å². The molecule has 1 N–H and O–H groups in total. The minimum absolute atomic E-state index is 0.271. The van der Waals surface area contributed by atoms with Crippen LogP contribution in [0.15, 0.2) is 24.3 Å². The highest BCUT2D eigenvalue weighted by molar-refractivity contribution is 5.98. The van der Waals surface area contributed by atoms with Crippen molar-refractivity contribution in [2.24, 2.45) is 0 Å². The molecule has 0 aliphatic carbocycles. The molecule has 2 amide bonds. The summed E-state index contributed by atoms with van der Waals surface area (Å²) in [6.45, 7) is 3.08. The minimum atomic E-state index is -0.909. The average molecular weight is 350 g/mol. The molecule has 1 aromatic rings. The lowest BCUT2D eigenvalue weighted by molar-refractivity contribution is -0.160. The second-order valence-corrected chi connectivity index (χ2v) is 5.45. The highest BCUT2D eigenvalue weighted by atomic mass is 16.5. The van der Waals surface area contributed by atoms with Gasteiger partial charge >= 0.3 is 5.97 Å². The van der Waals surface area contributed by atoms with Crippen LogP contribution >= 0.6 is 0 Å². The average Bonchev–Trinajstić information content (AvgIpc) is 2.66. The first-order valence-electron chi connectivity index (χ1n) is 8.00. The van der Waals surface area contributed by atoms with Gasteiger partial charge in [-0.15, -0.1) is 0 Å². The van der Waals surface area contributed by atoms with Gasteiger partial charge in [0, 0.05) is 13.1 Å². The van der Waals surface area contributed by atoms with E-state index in [0.717, 1.165) is 0 Å². The van der Waals surface area contributed by atoms with Crippen LogP contribution in [0.4, 0.5) is 0 Å². The third-order valence-electron chi connectivity index (χ3n) is 3.72. The van der Waals surface area contributed by atoms with Crippen molar-refractivity contribution in [3.63, 3.8) is 0 Å². The Morgan fingerprint density at radius 2 is 1.92 bits per heavy atom. The third-order valence-corrected chi connectivity index (χ3v) is 3.72. The van der Waals surface area contributed by atoms with E-state index in [0.29, 0.717) is 37.6 Å². The molecule has 1 aliphatic rings. The van der Waals surface area contributed by atoms with E-state index in [2.05, 4.69) is 5.32 Å². The zero-order chi connectivity index (χ0) is 18.2. The van der Waals surface area contributed by atoms with Crippen LogP contribution < -0.4 is 10.1 Å². The molecule has 1 aromatic carbocycles. The number of hydrogen-bond acceptors (Lipinski definition) is 6. The Bertz CT molecular complexity index is 627. The number of methoxy groups -OCH3 is 1. The smallest absolute Gasteiger partial charge is 0.326 e. The Morgan fingerprint density at radius 3 is 2.60 bits per heavy atom.